The van der Waals surface area contributed by atoms with Crippen LogP contribution in [0.2, 0.25) is 0 Å². The van der Waals surface area contributed by atoms with Crippen LogP contribution < -0.4 is 0 Å². The van der Waals surface area contributed by atoms with E-state index in [9.17, 15) is 9.59 Å². The summed E-state index contributed by atoms with van der Waals surface area (Å²) in [6.07, 6.45) is -2.81. The molecule has 5 nitrogen and oxygen atoms in total. The first-order chi connectivity index (χ1) is 12.8. The Morgan fingerprint density at radius 2 is 1.67 bits per heavy atom. The molecule has 0 aliphatic carbocycles. The van der Waals surface area contributed by atoms with Gasteiger partial charge in [0.25, 0.3) is 0 Å². The maximum atomic E-state index is 15.1. The van der Waals surface area contributed by atoms with Crippen LogP contribution in [-0.4, -0.2) is 35.0 Å². The first-order valence-corrected chi connectivity index (χ1v) is 9.23. The van der Waals surface area contributed by atoms with Crippen molar-refractivity contribution in [3.05, 3.63) is 71.3 Å². The van der Waals surface area contributed by atoms with Crippen LogP contribution in [0.15, 0.2) is 54.6 Å². The molecule has 4 atom stereocenters. The van der Waals surface area contributed by atoms with Crippen molar-refractivity contribution < 1.29 is 28.2 Å². The summed E-state index contributed by atoms with van der Waals surface area (Å²) >= 11 is 3.07. The van der Waals surface area contributed by atoms with E-state index in [0.29, 0.717) is 11.1 Å². The zero-order valence-corrected chi connectivity index (χ0v) is 16.3. The number of carbonyl (C=O) groups is 2. The van der Waals surface area contributed by atoms with Crippen molar-refractivity contribution in [2.45, 2.75) is 36.9 Å². The zero-order valence-electron chi connectivity index (χ0n) is 14.7. The number of rotatable bonds is 4. The highest BCUT2D eigenvalue weighted by Gasteiger charge is 2.58. The Kier molecular flexibility index (Phi) is 5.62. The van der Waals surface area contributed by atoms with Crippen molar-refractivity contribution in [1.82, 2.24) is 0 Å². The molecule has 0 bridgehead atoms. The average Bonchev–Trinajstić information content (AvgIpc) is 2.85. The molecule has 0 aromatic heterocycles. The van der Waals surface area contributed by atoms with Gasteiger partial charge in [-0.05, 0) is 37.6 Å². The van der Waals surface area contributed by atoms with Gasteiger partial charge in [-0.25, -0.2) is 14.0 Å². The van der Waals surface area contributed by atoms with Crippen molar-refractivity contribution in [2.75, 3.05) is 0 Å². The van der Waals surface area contributed by atoms with E-state index in [1.54, 1.807) is 61.5 Å². The predicted octanol–water partition coefficient (Wildman–Crippen LogP) is 4.18. The number of aryl methyl sites for hydroxylation is 1. The van der Waals surface area contributed by atoms with Gasteiger partial charge >= 0.3 is 11.9 Å². The second-order valence-corrected chi connectivity index (χ2v) is 7.22. The first kappa shape index (κ1) is 19.5. The lowest BCUT2D eigenvalue weighted by Gasteiger charge is -2.25. The number of esters is 2. The molecule has 27 heavy (non-hydrogen) atoms. The van der Waals surface area contributed by atoms with Crippen LogP contribution in [-0.2, 0) is 14.2 Å². The fourth-order valence-electron chi connectivity index (χ4n) is 2.71. The Hall–Kier alpha value is -2.25. The number of halogens is 2. The van der Waals surface area contributed by atoms with E-state index in [2.05, 4.69) is 15.9 Å². The standard InChI is InChI=1S/C20H18BrFO5/c1-12-8-6-7-11-14(12)17(24)26-18-15(20(2,22)19(21)27-18)25-16(23)13-9-4-3-5-10-13/h3-11,15,18-19H,1-2H3/t15-,18-,19+,20-/m1/s1. The highest BCUT2D eigenvalue weighted by molar-refractivity contribution is 9.09. The number of carbonyl (C=O) groups excluding carboxylic acids is 2. The number of hydrogen-bond donors (Lipinski definition) is 0. The van der Waals surface area contributed by atoms with Crippen LogP contribution in [0.25, 0.3) is 0 Å². The Balaban J connectivity index is 1.80. The molecular weight excluding hydrogens is 419 g/mol. The summed E-state index contributed by atoms with van der Waals surface area (Å²) in [6.45, 7) is 2.97. The van der Waals surface area contributed by atoms with Crippen molar-refractivity contribution in [3.8, 4) is 0 Å². The molecule has 1 saturated heterocycles. The van der Waals surface area contributed by atoms with Crippen molar-refractivity contribution in [1.29, 1.82) is 0 Å². The molecule has 142 valence electrons. The van der Waals surface area contributed by atoms with Gasteiger partial charge in [0.1, 0.15) is 0 Å². The molecular formula is C20H18BrFO5. The number of ether oxygens (including phenoxy) is 3. The summed E-state index contributed by atoms with van der Waals surface area (Å²) in [7, 11) is 0. The predicted molar refractivity (Wildman–Crippen MR) is 99.3 cm³/mol. The van der Waals surface area contributed by atoms with Crippen LogP contribution in [0.1, 0.15) is 33.2 Å². The third-order valence-corrected chi connectivity index (χ3v) is 5.44. The first-order valence-electron chi connectivity index (χ1n) is 8.32. The van der Waals surface area contributed by atoms with Crippen LogP contribution in [0, 0.1) is 6.92 Å². The van der Waals surface area contributed by atoms with Gasteiger partial charge in [0.2, 0.25) is 12.4 Å². The third kappa shape index (κ3) is 4.04. The molecule has 0 unspecified atom stereocenters. The van der Waals surface area contributed by atoms with Crippen molar-refractivity contribution in [2.24, 2.45) is 0 Å². The molecule has 0 saturated carbocycles. The maximum absolute atomic E-state index is 15.1. The summed E-state index contributed by atoms with van der Waals surface area (Å²) in [5, 5.41) is -1.10. The van der Waals surface area contributed by atoms with Gasteiger partial charge in [0.15, 0.2) is 10.7 Å². The molecule has 7 heteroatoms. The molecule has 1 heterocycles. The van der Waals surface area contributed by atoms with E-state index in [-0.39, 0.29) is 5.56 Å². The molecule has 0 N–H and O–H groups in total. The molecule has 0 amide bonds. The largest absolute Gasteiger partial charge is 0.448 e. The highest BCUT2D eigenvalue weighted by Crippen LogP contribution is 2.40. The van der Waals surface area contributed by atoms with Crippen LogP contribution in [0.3, 0.4) is 0 Å². The molecule has 0 spiro atoms. The van der Waals surface area contributed by atoms with Crippen molar-refractivity contribution in [3.63, 3.8) is 0 Å². The quantitative estimate of drug-likeness (QED) is 0.531. The molecule has 1 aliphatic rings. The van der Waals surface area contributed by atoms with Gasteiger partial charge in [-0.3, -0.25) is 0 Å². The molecule has 1 fully saturated rings. The van der Waals surface area contributed by atoms with Gasteiger partial charge in [-0.15, -0.1) is 0 Å². The molecule has 1 aliphatic heterocycles. The Morgan fingerprint density at radius 3 is 2.33 bits per heavy atom. The minimum atomic E-state index is -2.10. The SMILES string of the molecule is Cc1ccccc1C(=O)O[C@@H]1O[C@H](Br)[C@](C)(F)[C@@H]1OC(=O)c1ccccc1. The topological polar surface area (TPSA) is 61.8 Å². The molecule has 0 radical (unpaired) electrons. The van der Waals surface area contributed by atoms with Crippen LogP contribution >= 0.6 is 15.9 Å². The van der Waals surface area contributed by atoms with E-state index < -0.39 is 35.0 Å². The number of benzene rings is 2. The Bertz CT molecular complexity index is 839. The summed E-state index contributed by atoms with van der Waals surface area (Å²) in [5.74, 6) is -1.41. The van der Waals surface area contributed by atoms with E-state index in [0.717, 1.165) is 0 Å². The van der Waals surface area contributed by atoms with Gasteiger partial charge < -0.3 is 14.2 Å². The minimum absolute atomic E-state index is 0.260. The van der Waals surface area contributed by atoms with E-state index in [1.807, 2.05) is 0 Å². The fourth-order valence-corrected chi connectivity index (χ4v) is 3.18. The van der Waals surface area contributed by atoms with Crippen LogP contribution in [0.5, 0.6) is 0 Å². The zero-order chi connectivity index (χ0) is 19.6. The van der Waals surface area contributed by atoms with E-state index in [4.69, 9.17) is 14.2 Å². The Morgan fingerprint density at radius 1 is 1.04 bits per heavy atom. The third-order valence-electron chi connectivity index (χ3n) is 4.33. The van der Waals surface area contributed by atoms with Gasteiger partial charge in [-0.1, -0.05) is 52.3 Å². The van der Waals surface area contributed by atoms with Crippen LogP contribution in [0.4, 0.5) is 4.39 Å². The Labute approximate surface area is 164 Å². The normalized spacial score (nSPS) is 27.2. The summed E-state index contributed by atoms with van der Waals surface area (Å²) in [5.41, 5.74) is -0.805. The number of alkyl halides is 2. The second kappa shape index (κ2) is 7.78. The lowest BCUT2D eigenvalue weighted by molar-refractivity contribution is -0.128. The fraction of sp³-hybridized carbons (Fsp3) is 0.300. The van der Waals surface area contributed by atoms with E-state index >= 15 is 4.39 Å². The lowest BCUT2D eigenvalue weighted by Crippen LogP contribution is -2.44. The summed E-state index contributed by atoms with van der Waals surface area (Å²) in [6, 6.07) is 15.0. The monoisotopic (exact) mass is 436 g/mol. The number of hydrogen-bond acceptors (Lipinski definition) is 5. The van der Waals surface area contributed by atoms with Crippen molar-refractivity contribution >= 4 is 27.9 Å². The second-order valence-electron chi connectivity index (χ2n) is 6.38. The smallest absolute Gasteiger partial charge is 0.340 e. The molecule has 3 rings (SSSR count). The summed E-state index contributed by atoms with van der Waals surface area (Å²) in [4.78, 5) is 24.8. The van der Waals surface area contributed by atoms with Gasteiger partial charge in [-0.2, -0.15) is 0 Å². The average molecular weight is 437 g/mol. The molecule has 2 aromatic rings. The van der Waals surface area contributed by atoms with Gasteiger partial charge in [0.05, 0.1) is 11.1 Å². The summed E-state index contributed by atoms with van der Waals surface area (Å²) < 4.78 is 31.1. The lowest BCUT2D eigenvalue weighted by atomic mass is 10.0. The minimum Gasteiger partial charge on any atom is -0.448 e. The van der Waals surface area contributed by atoms with E-state index in [1.165, 1.54) is 6.92 Å². The maximum Gasteiger partial charge on any atom is 0.340 e. The molecule has 2 aromatic carbocycles. The highest BCUT2D eigenvalue weighted by atomic mass is 79.9. The van der Waals surface area contributed by atoms with Gasteiger partial charge in [0, 0.05) is 0 Å².